The first-order chi connectivity index (χ1) is 14.5. The van der Waals surface area contributed by atoms with E-state index in [1.54, 1.807) is 17.2 Å². The Balaban J connectivity index is 1.61. The molecule has 1 saturated carbocycles. The summed E-state index contributed by atoms with van der Waals surface area (Å²) in [5.74, 6) is 0.692. The molecule has 6 nitrogen and oxygen atoms in total. The van der Waals surface area contributed by atoms with Crippen LogP contribution in [0, 0.1) is 13.8 Å². The summed E-state index contributed by atoms with van der Waals surface area (Å²) in [4.78, 5) is 30.5. The largest absolute Gasteiger partial charge is 0.467 e. The van der Waals surface area contributed by atoms with E-state index in [-0.39, 0.29) is 24.2 Å². The first-order valence-electron chi connectivity index (χ1n) is 10.7. The smallest absolute Gasteiger partial charge is 0.318 e. The van der Waals surface area contributed by atoms with Crippen molar-refractivity contribution in [1.82, 2.24) is 15.2 Å². The predicted octanol–water partition coefficient (Wildman–Crippen LogP) is 4.78. The van der Waals surface area contributed by atoms with Gasteiger partial charge in [-0.15, -0.1) is 0 Å². The number of aromatic nitrogens is 1. The Hall–Kier alpha value is -3.02. The molecule has 2 aromatic heterocycles. The molecule has 0 radical (unpaired) electrons. The Morgan fingerprint density at radius 1 is 1.17 bits per heavy atom. The predicted molar refractivity (Wildman–Crippen MR) is 117 cm³/mol. The molecule has 1 aliphatic carbocycles. The number of nitrogens with zero attached hydrogens (tertiary/aromatic N) is 1. The van der Waals surface area contributed by atoms with Crippen molar-refractivity contribution in [2.24, 2.45) is 0 Å². The number of carbonyl (C=O) groups excluding carboxylic acids is 1. The van der Waals surface area contributed by atoms with Gasteiger partial charge in [-0.3, -0.25) is 4.79 Å². The number of fused-ring (bicyclic) bond motifs is 1. The molecule has 2 amide bonds. The number of furan rings is 1. The van der Waals surface area contributed by atoms with Crippen LogP contribution in [0.1, 0.15) is 54.6 Å². The molecule has 6 heteroatoms. The molecule has 0 atom stereocenters. The number of amides is 2. The zero-order valence-corrected chi connectivity index (χ0v) is 17.7. The third-order valence-electron chi connectivity index (χ3n) is 5.90. The van der Waals surface area contributed by atoms with Gasteiger partial charge < -0.3 is 19.6 Å². The van der Waals surface area contributed by atoms with Crippen molar-refractivity contribution in [2.75, 3.05) is 0 Å². The molecule has 0 saturated heterocycles. The minimum atomic E-state index is -0.164. The van der Waals surface area contributed by atoms with Crippen molar-refractivity contribution < 1.29 is 9.21 Å². The third kappa shape index (κ3) is 4.58. The fraction of sp³-hybridized carbons (Fsp3) is 0.417. The van der Waals surface area contributed by atoms with Gasteiger partial charge in [-0.25, -0.2) is 4.79 Å². The fourth-order valence-electron chi connectivity index (χ4n) is 4.34. The molecule has 30 heavy (non-hydrogen) atoms. The van der Waals surface area contributed by atoms with E-state index in [1.165, 1.54) is 6.42 Å². The van der Waals surface area contributed by atoms with Gasteiger partial charge in [0.25, 0.3) is 5.56 Å². The minimum absolute atomic E-state index is 0.154. The molecule has 4 rings (SSSR count). The maximum Gasteiger partial charge on any atom is 0.318 e. The lowest BCUT2D eigenvalue weighted by molar-refractivity contribution is 0.179. The molecule has 1 fully saturated rings. The van der Waals surface area contributed by atoms with Crippen LogP contribution in [0.15, 0.2) is 45.8 Å². The molecule has 2 heterocycles. The highest BCUT2D eigenvalue weighted by Gasteiger charge is 2.22. The highest BCUT2D eigenvalue weighted by Crippen LogP contribution is 2.21. The molecular weight excluding hydrogens is 378 g/mol. The van der Waals surface area contributed by atoms with Crippen molar-refractivity contribution in [2.45, 2.75) is 65.1 Å². The van der Waals surface area contributed by atoms with Crippen LogP contribution in [0.25, 0.3) is 10.9 Å². The normalized spacial score (nSPS) is 14.7. The van der Waals surface area contributed by atoms with E-state index in [9.17, 15) is 9.59 Å². The van der Waals surface area contributed by atoms with Crippen LogP contribution in [0.2, 0.25) is 0 Å². The van der Waals surface area contributed by atoms with E-state index >= 15 is 0 Å². The fourth-order valence-corrected chi connectivity index (χ4v) is 4.34. The average Bonchev–Trinajstić information content (AvgIpc) is 3.22. The van der Waals surface area contributed by atoms with E-state index < -0.39 is 0 Å². The second-order valence-electron chi connectivity index (χ2n) is 8.39. The molecule has 158 valence electrons. The lowest BCUT2D eigenvalue weighted by atomic mass is 9.96. The molecule has 0 aliphatic heterocycles. The van der Waals surface area contributed by atoms with Gasteiger partial charge in [0.05, 0.1) is 19.4 Å². The van der Waals surface area contributed by atoms with Gasteiger partial charge in [0.1, 0.15) is 5.76 Å². The Bertz CT molecular complexity index is 1080. The third-order valence-corrected chi connectivity index (χ3v) is 5.90. The lowest BCUT2D eigenvalue weighted by Crippen LogP contribution is -2.45. The van der Waals surface area contributed by atoms with Gasteiger partial charge >= 0.3 is 6.03 Å². The molecule has 3 aromatic rings. The molecule has 2 N–H and O–H groups in total. The standard InChI is InChI=1S/C24H29N3O3/c1-16-11-17(2)21-13-18(23(28)26-22(21)12-16)14-27(15-20-9-6-10-30-20)24(29)25-19-7-4-3-5-8-19/h6,9-13,19H,3-5,7-8,14-15H2,1-2H3,(H,25,29)(H,26,28). The van der Waals surface area contributed by atoms with E-state index in [2.05, 4.69) is 16.4 Å². The van der Waals surface area contributed by atoms with Crippen molar-refractivity contribution in [3.8, 4) is 0 Å². The van der Waals surface area contributed by atoms with Crippen LogP contribution in [0.4, 0.5) is 4.79 Å². The number of benzene rings is 1. The summed E-state index contributed by atoms with van der Waals surface area (Å²) in [6.45, 7) is 4.58. The molecule has 0 bridgehead atoms. The van der Waals surface area contributed by atoms with Crippen molar-refractivity contribution in [3.05, 3.63) is 69.4 Å². The maximum atomic E-state index is 13.1. The van der Waals surface area contributed by atoms with Gasteiger partial charge in [-0.2, -0.15) is 0 Å². The molecule has 0 spiro atoms. The van der Waals surface area contributed by atoms with Gasteiger partial charge in [-0.05, 0) is 62.1 Å². The lowest BCUT2D eigenvalue weighted by Gasteiger charge is -2.28. The number of carbonyl (C=O) groups is 1. The Morgan fingerprint density at radius 3 is 2.70 bits per heavy atom. The first kappa shape index (κ1) is 20.3. The summed E-state index contributed by atoms with van der Waals surface area (Å²) in [6.07, 6.45) is 7.14. The van der Waals surface area contributed by atoms with Crippen LogP contribution in [-0.2, 0) is 13.1 Å². The van der Waals surface area contributed by atoms with E-state index in [0.717, 1.165) is 47.7 Å². The van der Waals surface area contributed by atoms with E-state index in [0.29, 0.717) is 17.9 Å². The maximum absolute atomic E-state index is 13.1. The summed E-state index contributed by atoms with van der Waals surface area (Å²) < 4.78 is 5.47. The highest BCUT2D eigenvalue weighted by molar-refractivity contribution is 5.83. The zero-order valence-electron chi connectivity index (χ0n) is 17.7. The van der Waals surface area contributed by atoms with Crippen molar-refractivity contribution >= 4 is 16.9 Å². The average molecular weight is 408 g/mol. The molecule has 1 aliphatic rings. The Kier molecular flexibility index (Phi) is 5.93. The van der Waals surface area contributed by atoms with Gasteiger partial charge in [0.2, 0.25) is 0 Å². The SMILES string of the molecule is Cc1cc(C)c2cc(CN(Cc3ccco3)C(=O)NC3CCCCC3)c(=O)[nH]c2c1. The number of H-pyrrole nitrogens is 1. The number of rotatable bonds is 5. The van der Waals surface area contributed by atoms with E-state index in [1.807, 2.05) is 32.0 Å². The summed E-state index contributed by atoms with van der Waals surface area (Å²) in [5, 5.41) is 4.16. The van der Waals surface area contributed by atoms with Crippen LogP contribution in [-0.4, -0.2) is 22.0 Å². The second-order valence-corrected chi connectivity index (χ2v) is 8.39. The number of nitrogens with one attached hydrogen (secondary N) is 2. The number of aromatic amines is 1. The molecule has 1 aromatic carbocycles. The van der Waals surface area contributed by atoms with Crippen molar-refractivity contribution in [1.29, 1.82) is 0 Å². The summed E-state index contributed by atoms with van der Waals surface area (Å²) in [7, 11) is 0. The number of aryl methyl sites for hydroxylation is 2. The van der Waals surface area contributed by atoms with Crippen LogP contribution < -0.4 is 10.9 Å². The number of pyridine rings is 1. The minimum Gasteiger partial charge on any atom is -0.467 e. The highest BCUT2D eigenvalue weighted by atomic mass is 16.3. The van der Waals surface area contributed by atoms with Gasteiger partial charge in [-0.1, -0.05) is 25.3 Å². The zero-order chi connectivity index (χ0) is 21.1. The van der Waals surface area contributed by atoms with Gasteiger partial charge in [0.15, 0.2) is 0 Å². The molecular formula is C24H29N3O3. The molecule has 0 unspecified atom stereocenters. The Labute approximate surface area is 176 Å². The van der Waals surface area contributed by atoms with Gasteiger partial charge in [0, 0.05) is 22.5 Å². The first-order valence-corrected chi connectivity index (χ1v) is 10.7. The van der Waals surface area contributed by atoms with Crippen LogP contribution >= 0.6 is 0 Å². The van der Waals surface area contributed by atoms with Crippen LogP contribution in [0.3, 0.4) is 0 Å². The monoisotopic (exact) mass is 407 g/mol. The summed E-state index contributed by atoms with van der Waals surface area (Å²) >= 11 is 0. The number of hydrogen-bond acceptors (Lipinski definition) is 3. The quantitative estimate of drug-likeness (QED) is 0.639. The summed E-state index contributed by atoms with van der Waals surface area (Å²) in [6, 6.07) is 9.68. The summed E-state index contributed by atoms with van der Waals surface area (Å²) in [5.41, 5.74) is 3.44. The Morgan fingerprint density at radius 2 is 1.97 bits per heavy atom. The van der Waals surface area contributed by atoms with E-state index in [4.69, 9.17) is 4.42 Å². The number of urea groups is 1. The van der Waals surface area contributed by atoms with Crippen LogP contribution in [0.5, 0.6) is 0 Å². The van der Waals surface area contributed by atoms with Crippen molar-refractivity contribution in [3.63, 3.8) is 0 Å². The second kappa shape index (κ2) is 8.78. The number of hydrogen-bond donors (Lipinski definition) is 2. The topological polar surface area (TPSA) is 78.3 Å².